The number of hydrogen-bond acceptors (Lipinski definition) is 4. The maximum absolute atomic E-state index is 12.5. The van der Waals surface area contributed by atoms with Crippen LogP contribution in [0.4, 0.5) is 0 Å². The first-order chi connectivity index (χ1) is 11.9. The normalized spacial score (nSPS) is 17.6. The summed E-state index contributed by atoms with van der Waals surface area (Å²) in [5.74, 6) is -1.71. The van der Waals surface area contributed by atoms with Crippen molar-refractivity contribution in [2.24, 2.45) is 11.7 Å². The van der Waals surface area contributed by atoms with Crippen LogP contribution in [0.1, 0.15) is 25.3 Å². The predicted molar refractivity (Wildman–Crippen MR) is 92.7 cm³/mol. The molecule has 0 aliphatic carbocycles. The third kappa shape index (κ3) is 5.29. The Kier molecular flexibility index (Phi) is 6.52. The molecule has 7 nitrogen and oxygen atoms in total. The number of benzene rings is 1. The van der Waals surface area contributed by atoms with Crippen LogP contribution in [0.2, 0.25) is 0 Å². The van der Waals surface area contributed by atoms with Crippen LogP contribution in [-0.4, -0.2) is 53.0 Å². The van der Waals surface area contributed by atoms with Gasteiger partial charge in [-0.05, 0) is 31.7 Å². The van der Waals surface area contributed by atoms with Crippen molar-refractivity contribution in [3.8, 4) is 0 Å². The van der Waals surface area contributed by atoms with Gasteiger partial charge in [0, 0.05) is 19.0 Å². The van der Waals surface area contributed by atoms with Crippen molar-refractivity contribution < 1.29 is 19.5 Å². The highest BCUT2D eigenvalue weighted by molar-refractivity contribution is 5.85. The van der Waals surface area contributed by atoms with Crippen molar-refractivity contribution in [1.29, 1.82) is 0 Å². The van der Waals surface area contributed by atoms with Crippen LogP contribution in [0.25, 0.3) is 0 Å². The van der Waals surface area contributed by atoms with Gasteiger partial charge in [0.15, 0.2) is 0 Å². The topological polar surface area (TPSA) is 113 Å². The molecule has 1 aliphatic rings. The zero-order valence-electron chi connectivity index (χ0n) is 14.4. The Hall–Kier alpha value is -2.41. The van der Waals surface area contributed by atoms with Gasteiger partial charge in [0.05, 0.1) is 6.04 Å². The molecule has 7 heteroatoms. The van der Waals surface area contributed by atoms with Crippen LogP contribution in [-0.2, 0) is 20.8 Å². The Labute approximate surface area is 147 Å². The second kappa shape index (κ2) is 8.62. The quantitative estimate of drug-likeness (QED) is 0.689. The Bertz CT molecular complexity index is 612. The van der Waals surface area contributed by atoms with Gasteiger partial charge in [-0.2, -0.15) is 0 Å². The summed E-state index contributed by atoms with van der Waals surface area (Å²) in [5, 5.41) is 11.3. The van der Waals surface area contributed by atoms with E-state index in [4.69, 9.17) is 10.8 Å². The average molecular weight is 347 g/mol. The van der Waals surface area contributed by atoms with Crippen LogP contribution in [0.5, 0.6) is 0 Å². The summed E-state index contributed by atoms with van der Waals surface area (Å²) in [5.41, 5.74) is 7.05. The summed E-state index contributed by atoms with van der Waals surface area (Å²) in [4.78, 5) is 37.0. The van der Waals surface area contributed by atoms with Gasteiger partial charge in [0.2, 0.25) is 11.8 Å². The molecule has 0 aromatic heterocycles. The Balaban J connectivity index is 1.81. The molecule has 1 heterocycles. The van der Waals surface area contributed by atoms with Gasteiger partial charge in [-0.1, -0.05) is 30.3 Å². The van der Waals surface area contributed by atoms with Crippen molar-refractivity contribution in [2.75, 3.05) is 13.1 Å². The Morgan fingerprint density at radius 2 is 1.84 bits per heavy atom. The SMILES string of the molecule is CC(NC(=O)C1CCN(C(=O)C(N)Cc2ccccc2)CC1)C(=O)O. The van der Waals surface area contributed by atoms with E-state index in [0.717, 1.165) is 5.56 Å². The van der Waals surface area contributed by atoms with Crippen LogP contribution < -0.4 is 11.1 Å². The first kappa shape index (κ1) is 18.9. The number of aliphatic carboxylic acids is 1. The van der Waals surface area contributed by atoms with Crippen molar-refractivity contribution in [3.63, 3.8) is 0 Å². The molecule has 2 unspecified atom stereocenters. The minimum Gasteiger partial charge on any atom is -0.480 e. The van der Waals surface area contributed by atoms with Crippen molar-refractivity contribution in [3.05, 3.63) is 35.9 Å². The molecule has 1 fully saturated rings. The Morgan fingerprint density at radius 1 is 1.24 bits per heavy atom. The number of piperidine rings is 1. The zero-order valence-corrected chi connectivity index (χ0v) is 14.4. The number of likely N-dealkylation sites (tertiary alicyclic amines) is 1. The largest absolute Gasteiger partial charge is 0.480 e. The highest BCUT2D eigenvalue weighted by atomic mass is 16.4. The van der Waals surface area contributed by atoms with Crippen molar-refractivity contribution >= 4 is 17.8 Å². The standard InChI is InChI=1S/C18H25N3O4/c1-12(18(24)25)20-16(22)14-7-9-21(10-8-14)17(23)15(19)11-13-5-3-2-4-6-13/h2-6,12,14-15H,7-11,19H2,1H3,(H,20,22)(H,24,25). The van der Waals surface area contributed by atoms with E-state index in [1.54, 1.807) is 4.90 Å². The van der Waals surface area contributed by atoms with Gasteiger partial charge in [0.25, 0.3) is 0 Å². The third-order valence-electron chi connectivity index (χ3n) is 4.52. The molecule has 1 aliphatic heterocycles. The molecule has 4 N–H and O–H groups in total. The maximum Gasteiger partial charge on any atom is 0.325 e. The zero-order chi connectivity index (χ0) is 18.4. The van der Waals surface area contributed by atoms with E-state index in [-0.39, 0.29) is 17.7 Å². The van der Waals surface area contributed by atoms with E-state index in [1.165, 1.54) is 6.92 Å². The Morgan fingerprint density at radius 3 is 2.40 bits per heavy atom. The number of rotatable bonds is 6. The number of nitrogens with two attached hydrogens (primary N) is 1. The van der Waals surface area contributed by atoms with E-state index in [9.17, 15) is 14.4 Å². The lowest BCUT2D eigenvalue weighted by atomic mass is 9.94. The van der Waals surface area contributed by atoms with Gasteiger partial charge in [-0.25, -0.2) is 0 Å². The lowest BCUT2D eigenvalue weighted by molar-refractivity contribution is -0.142. The molecule has 0 saturated carbocycles. The number of carboxylic acid groups (broad SMARTS) is 1. The summed E-state index contributed by atoms with van der Waals surface area (Å²) in [6.45, 7) is 2.35. The summed E-state index contributed by atoms with van der Waals surface area (Å²) in [7, 11) is 0. The van der Waals surface area contributed by atoms with E-state index in [0.29, 0.717) is 32.4 Å². The fraction of sp³-hybridized carbons (Fsp3) is 0.500. The molecule has 1 saturated heterocycles. The van der Waals surface area contributed by atoms with Gasteiger partial charge >= 0.3 is 5.97 Å². The van der Waals surface area contributed by atoms with Crippen LogP contribution >= 0.6 is 0 Å². The predicted octanol–water partition coefficient (Wildman–Crippen LogP) is 0.384. The molecule has 2 atom stereocenters. The average Bonchev–Trinajstić information content (AvgIpc) is 2.61. The van der Waals surface area contributed by atoms with Gasteiger partial charge < -0.3 is 21.1 Å². The second-order valence-electron chi connectivity index (χ2n) is 6.46. The number of nitrogens with one attached hydrogen (secondary N) is 1. The highest BCUT2D eigenvalue weighted by Crippen LogP contribution is 2.18. The van der Waals surface area contributed by atoms with Crippen LogP contribution in [0.15, 0.2) is 30.3 Å². The number of nitrogens with zero attached hydrogens (tertiary/aromatic N) is 1. The molecule has 25 heavy (non-hydrogen) atoms. The second-order valence-corrected chi connectivity index (χ2v) is 6.46. The molecule has 2 rings (SSSR count). The minimum absolute atomic E-state index is 0.110. The van der Waals surface area contributed by atoms with Crippen molar-refractivity contribution in [1.82, 2.24) is 10.2 Å². The number of hydrogen-bond donors (Lipinski definition) is 3. The smallest absolute Gasteiger partial charge is 0.325 e. The molecular formula is C18H25N3O4. The lowest BCUT2D eigenvalue weighted by Crippen LogP contribution is -2.50. The molecule has 1 aromatic carbocycles. The fourth-order valence-corrected chi connectivity index (χ4v) is 2.94. The first-order valence-corrected chi connectivity index (χ1v) is 8.50. The van der Waals surface area contributed by atoms with Crippen LogP contribution in [0, 0.1) is 5.92 Å². The number of carboxylic acids is 1. The van der Waals surface area contributed by atoms with Gasteiger partial charge in [-0.15, -0.1) is 0 Å². The number of carbonyl (C=O) groups excluding carboxylic acids is 2. The molecule has 1 aromatic rings. The first-order valence-electron chi connectivity index (χ1n) is 8.50. The fourth-order valence-electron chi connectivity index (χ4n) is 2.94. The van der Waals surface area contributed by atoms with E-state index in [2.05, 4.69) is 5.32 Å². The van der Waals surface area contributed by atoms with Gasteiger partial charge in [0.1, 0.15) is 6.04 Å². The van der Waals surface area contributed by atoms with E-state index in [1.807, 2.05) is 30.3 Å². The summed E-state index contributed by atoms with van der Waals surface area (Å²) in [6, 6.07) is 8.11. The van der Waals surface area contributed by atoms with E-state index < -0.39 is 18.1 Å². The lowest BCUT2D eigenvalue weighted by Gasteiger charge is -2.33. The monoisotopic (exact) mass is 347 g/mol. The van der Waals surface area contributed by atoms with Crippen LogP contribution in [0.3, 0.4) is 0 Å². The molecule has 0 spiro atoms. The minimum atomic E-state index is -1.06. The summed E-state index contributed by atoms with van der Waals surface area (Å²) >= 11 is 0. The summed E-state index contributed by atoms with van der Waals surface area (Å²) < 4.78 is 0. The third-order valence-corrected chi connectivity index (χ3v) is 4.52. The molecule has 0 bridgehead atoms. The maximum atomic E-state index is 12.5. The van der Waals surface area contributed by atoms with E-state index >= 15 is 0 Å². The molecule has 0 radical (unpaired) electrons. The number of amides is 2. The summed E-state index contributed by atoms with van der Waals surface area (Å²) in [6.07, 6.45) is 1.51. The highest BCUT2D eigenvalue weighted by Gasteiger charge is 2.30. The molecular weight excluding hydrogens is 322 g/mol. The van der Waals surface area contributed by atoms with Gasteiger partial charge in [-0.3, -0.25) is 14.4 Å². The molecule has 2 amide bonds. The number of carbonyl (C=O) groups is 3. The molecule has 136 valence electrons. The van der Waals surface area contributed by atoms with Crippen molar-refractivity contribution in [2.45, 2.75) is 38.3 Å².